The van der Waals surface area contributed by atoms with Gasteiger partial charge in [-0.1, -0.05) is 29.8 Å². The Labute approximate surface area is 182 Å². The summed E-state index contributed by atoms with van der Waals surface area (Å²) in [5, 5.41) is 3.57. The second kappa shape index (κ2) is 9.73. The zero-order chi connectivity index (χ0) is 21.7. The fourth-order valence-corrected chi connectivity index (χ4v) is 4.21. The molecule has 8 heteroatoms. The molecule has 1 fully saturated rings. The van der Waals surface area contributed by atoms with Crippen LogP contribution in [-0.4, -0.2) is 62.7 Å². The number of rotatable bonds is 7. The molecule has 160 valence electrons. The fraction of sp³-hybridized carbons (Fsp3) is 0.364. The number of likely N-dealkylation sites (tertiary alicyclic amines) is 1. The first-order chi connectivity index (χ1) is 14.2. The van der Waals surface area contributed by atoms with E-state index in [0.29, 0.717) is 28.3 Å². The van der Waals surface area contributed by atoms with Crippen LogP contribution in [0.1, 0.15) is 39.1 Å². The minimum atomic E-state index is -2.98. The number of carbonyl (C=O) groups is 2. The van der Waals surface area contributed by atoms with Gasteiger partial charge in [0, 0.05) is 48.1 Å². The van der Waals surface area contributed by atoms with E-state index < -0.39 is 9.84 Å². The summed E-state index contributed by atoms with van der Waals surface area (Å²) in [5.74, 6) is -0.361. The summed E-state index contributed by atoms with van der Waals surface area (Å²) in [5.41, 5.74) is 1.17. The summed E-state index contributed by atoms with van der Waals surface area (Å²) < 4.78 is 22.7. The third-order valence-electron chi connectivity index (χ3n) is 5.22. The Kier molecular flexibility index (Phi) is 7.28. The number of hydrogen-bond acceptors (Lipinski definition) is 5. The molecule has 0 atom stereocenters. The Hall–Kier alpha value is -2.22. The summed E-state index contributed by atoms with van der Waals surface area (Å²) in [4.78, 5) is 27.9. The van der Waals surface area contributed by atoms with Crippen LogP contribution in [0.2, 0.25) is 5.02 Å². The average molecular weight is 449 g/mol. The zero-order valence-corrected chi connectivity index (χ0v) is 18.4. The molecule has 1 aliphatic rings. The van der Waals surface area contributed by atoms with Gasteiger partial charge >= 0.3 is 0 Å². The summed E-state index contributed by atoms with van der Waals surface area (Å²) in [7, 11) is -2.98. The van der Waals surface area contributed by atoms with Gasteiger partial charge in [0.25, 0.3) is 5.91 Å². The third kappa shape index (κ3) is 6.14. The van der Waals surface area contributed by atoms with Crippen molar-refractivity contribution in [1.82, 2.24) is 10.2 Å². The van der Waals surface area contributed by atoms with Crippen molar-refractivity contribution >= 4 is 33.1 Å². The predicted octanol–water partition coefficient (Wildman–Crippen LogP) is 2.81. The average Bonchev–Trinajstić information content (AvgIpc) is 2.73. The topological polar surface area (TPSA) is 83.6 Å². The van der Waals surface area contributed by atoms with Crippen molar-refractivity contribution in [1.29, 1.82) is 0 Å². The molecule has 1 amide bonds. The lowest BCUT2D eigenvalue weighted by molar-refractivity contribution is 0.0904. The standard InChI is InChI=1S/C22H25ClN2O4S/c1-30(28,29)15-14-25-12-10-18(11-13-25)24-22(27)20-5-3-2-4-19(20)21(26)16-6-8-17(23)9-7-16/h2-9,18H,10-15H2,1H3,(H,24,27). The molecule has 30 heavy (non-hydrogen) atoms. The highest BCUT2D eigenvalue weighted by molar-refractivity contribution is 7.90. The van der Waals surface area contributed by atoms with E-state index in [1.165, 1.54) is 6.26 Å². The molecule has 0 unspecified atom stereocenters. The smallest absolute Gasteiger partial charge is 0.252 e. The normalized spacial score (nSPS) is 15.7. The van der Waals surface area contributed by atoms with E-state index in [9.17, 15) is 18.0 Å². The van der Waals surface area contributed by atoms with E-state index in [1.54, 1.807) is 48.5 Å². The molecule has 3 rings (SSSR count). The van der Waals surface area contributed by atoms with E-state index in [0.717, 1.165) is 25.9 Å². The second-order valence-corrected chi connectivity index (χ2v) is 10.3. The largest absolute Gasteiger partial charge is 0.349 e. The Morgan fingerprint density at radius 2 is 1.63 bits per heavy atom. The first-order valence-corrected chi connectivity index (χ1v) is 12.3. The molecule has 1 saturated heterocycles. The lowest BCUT2D eigenvalue weighted by atomic mass is 9.97. The highest BCUT2D eigenvalue weighted by Gasteiger charge is 2.24. The van der Waals surface area contributed by atoms with Crippen molar-refractivity contribution in [2.45, 2.75) is 18.9 Å². The quantitative estimate of drug-likeness (QED) is 0.658. The molecular formula is C22H25ClN2O4S. The Morgan fingerprint density at radius 1 is 1.03 bits per heavy atom. The van der Waals surface area contributed by atoms with Gasteiger partial charge in [-0.3, -0.25) is 9.59 Å². The van der Waals surface area contributed by atoms with Crippen LogP contribution in [0.5, 0.6) is 0 Å². The minimum absolute atomic E-state index is 0.00864. The van der Waals surface area contributed by atoms with Crippen molar-refractivity contribution < 1.29 is 18.0 Å². The van der Waals surface area contributed by atoms with Gasteiger partial charge in [0.1, 0.15) is 9.84 Å². The Morgan fingerprint density at radius 3 is 2.23 bits per heavy atom. The van der Waals surface area contributed by atoms with E-state index in [1.807, 2.05) is 0 Å². The predicted molar refractivity (Wildman–Crippen MR) is 118 cm³/mol. The molecule has 2 aromatic carbocycles. The summed E-state index contributed by atoms with van der Waals surface area (Å²) in [6.45, 7) is 1.97. The van der Waals surface area contributed by atoms with Crippen LogP contribution in [0.15, 0.2) is 48.5 Å². The maximum atomic E-state index is 12.9. The number of sulfone groups is 1. The van der Waals surface area contributed by atoms with Gasteiger partial charge in [-0.2, -0.15) is 0 Å². The Bertz CT molecular complexity index is 1010. The van der Waals surface area contributed by atoms with Crippen molar-refractivity contribution in [2.75, 3.05) is 31.6 Å². The van der Waals surface area contributed by atoms with Crippen LogP contribution < -0.4 is 5.32 Å². The number of carbonyl (C=O) groups excluding carboxylic acids is 2. The van der Waals surface area contributed by atoms with Crippen LogP contribution in [0, 0.1) is 0 Å². The van der Waals surface area contributed by atoms with Gasteiger partial charge in [0.05, 0.1) is 11.3 Å². The molecule has 0 saturated carbocycles. The van der Waals surface area contributed by atoms with Gasteiger partial charge in [-0.25, -0.2) is 8.42 Å². The first kappa shape index (κ1) is 22.5. The van der Waals surface area contributed by atoms with E-state index in [-0.39, 0.29) is 23.5 Å². The molecule has 1 heterocycles. The molecule has 1 aliphatic heterocycles. The second-order valence-electron chi connectivity index (χ2n) is 7.60. The maximum absolute atomic E-state index is 12.9. The number of nitrogens with zero attached hydrogens (tertiary/aromatic N) is 1. The van der Waals surface area contributed by atoms with Crippen molar-refractivity contribution in [3.8, 4) is 0 Å². The summed E-state index contributed by atoms with van der Waals surface area (Å²) >= 11 is 5.90. The van der Waals surface area contributed by atoms with Crippen LogP contribution in [0.4, 0.5) is 0 Å². The molecule has 0 aliphatic carbocycles. The highest BCUT2D eigenvalue weighted by Crippen LogP contribution is 2.18. The molecule has 0 bridgehead atoms. The minimum Gasteiger partial charge on any atom is -0.349 e. The van der Waals surface area contributed by atoms with Crippen molar-refractivity contribution in [3.63, 3.8) is 0 Å². The number of nitrogens with one attached hydrogen (secondary N) is 1. The number of halogens is 1. The summed E-state index contributed by atoms with van der Waals surface area (Å²) in [6, 6.07) is 13.4. The van der Waals surface area contributed by atoms with Crippen LogP contribution in [-0.2, 0) is 9.84 Å². The summed E-state index contributed by atoms with van der Waals surface area (Å²) in [6.07, 6.45) is 2.72. The molecular weight excluding hydrogens is 424 g/mol. The van der Waals surface area contributed by atoms with Gasteiger partial charge in [0.2, 0.25) is 0 Å². The maximum Gasteiger partial charge on any atom is 0.252 e. The number of amides is 1. The fourth-order valence-electron chi connectivity index (χ4n) is 3.49. The number of benzene rings is 2. The zero-order valence-electron chi connectivity index (χ0n) is 16.8. The van der Waals surface area contributed by atoms with Gasteiger partial charge in [-0.15, -0.1) is 0 Å². The first-order valence-electron chi connectivity index (χ1n) is 9.83. The van der Waals surface area contributed by atoms with Gasteiger partial charge in [0.15, 0.2) is 5.78 Å². The lowest BCUT2D eigenvalue weighted by Crippen LogP contribution is -2.45. The molecule has 0 radical (unpaired) electrons. The lowest BCUT2D eigenvalue weighted by Gasteiger charge is -2.32. The van der Waals surface area contributed by atoms with Crippen LogP contribution in [0.3, 0.4) is 0 Å². The monoisotopic (exact) mass is 448 g/mol. The van der Waals surface area contributed by atoms with Gasteiger partial charge < -0.3 is 10.2 Å². The van der Waals surface area contributed by atoms with Crippen LogP contribution in [0.25, 0.3) is 0 Å². The molecule has 1 N–H and O–H groups in total. The van der Waals surface area contributed by atoms with Crippen molar-refractivity contribution in [3.05, 3.63) is 70.2 Å². The molecule has 2 aromatic rings. The van der Waals surface area contributed by atoms with E-state index in [4.69, 9.17) is 11.6 Å². The SMILES string of the molecule is CS(=O)(=O)CCN1CCC(NC(=O)c2ccccc2C(=O)c2ccc(Cl)cc2)CC1. The molecule has 6 nitrogen and oxygen atoms in total. The van der Waals surface area contributed by atoms with E-state index >= 15 is 0 Å². The third-order valence-corrected chi connectivity index (χ3v) is 6.40. The Balaban J connectivity index is 1.63. The van der Waals surface area contributed by atoms with Crippen LogP contribution >= 0.6 is 11.6 Å². The van der Waals surface area contributed by atoms with Crippen molar-refractivity contribution in [2.24, 2.45) is 0 Å². The highest BCUT2D eigenvalue weighted by atomic mass is 35.5. The van der Waals surface area contributed by atoms with Gasteiger partial charge in [-0.05, 0) is 43.2 Å². The molecule has 0 aromatic heterocycles. The number of piperidine rings is 1. The number of ketones is 1. The number of hydrogen-bond donors (Lipinski definition) is 1. The van der Waals surface area contributed by atoms with E-state index in [2.05, 4.69) is 10.2 Å². The molecule has 0 spiro atoms.